The molecule has 0 aromatic carbocycles. The van der Waals surface area contributed by atoms with Gasteiger partial charge in [-0.3, -0.25) is 0 Å². The topological polar surface area (TPSA) is 79.5 Å². The molecule has 0 radical (unpaired) electrons. The summed E-state index contributed by atoms with van der Waals surface area (Å²) in [5, 5.41) is 19.5. The Morgan fingerprint density at radius 3 is 2.71 bits per heavy atom. The highest BCUT2D eigenvalue weighted by molar-refractivity contribution is 5.48. The molecular formula is C11H15N3O3. The fourth-order valence-corrected chi connectivity index (χ4v) is 1.98. The molecule has 0 aliphatic heterocycles. The van der Waals surface area contributed by atoms with E-state index in [4.69, 9.17) is 5.11 Å². The van der Waals surface area contributed by atoms with Crippen LogP contribution in [0.3, 0.4) is 0 Å². The van der Waals surface area contributed by atoms with E-state index in [-0.39, 0.29) is 12.4 Å². The summed E-state index contributed by atoms with van der Waals surface area (Å²) >= 11 is 0. The summed E-state index contributed by atoms with van der Waals surface area (Å²) in [6.07, 6.45) is 4.92. The Morgan fingerprint density at radius 2 is 2.29 bits per heavy atom. The number of nitrogens with zero attached hydrogens (tertiary/aromatic N) is 3. The lowest BCUT2D eigenvalue weighted by Gasteiger charge is -2.38. The van der Waals surface area contributed by atoms with Gasteiger partial charge in [0.1, 0.15) is 0 Å². The number of pyridine rings is 1. The van der Waals surface area contributed by atoms with Crippen molar-refractivity contribution in [3.63, 3.8) is 0 Å². The highest BCUT2D eigenvalue weighted by Gasteiger charge is 2.25. The van der Waals surface area contributed by atoms with Crippen molar-refractivity contribution in [1.82, 2.24) is 4.98 Å². The van der Waals surface area contributed by atoms with Gasteiger partial charge in [0.05, 0.1) is 12.3 Å². The van der Waals surface area contributed by atoms with Crippen LogP contribution in [-0.4, -0.2) is 34.2 Å². The number of hydrogen-bond donors (Lipinski definition) is 1. The second-order valence-corrected chi connectivity index (χ2v) is 4.13. The zero-order chi connectivity index (χ0) is 12.3. The lowest BCUT2D eigenvalue weighted by molar-refractivity contribution is -0.389. The molecule has 0 saturated heterocycles. The summed E-state index contributed by atoms with van der Waals surface area (Å²) in [5.41, 5.74) is 0.842. The first-order valence-electron chi connectivity index (χ1n) is 5.70. The molecule has 1 fully saturated rings. The highest BCUT2D eigenvalue weighted by Crippen LogP contribution is 2.29. The standard InChI is InChI=1S/C11H15N3O3/c15-7-6-13(9-2-1-3-9)10-4-5-11(12-8-10)14(16)17/h4-5,8-9,15H,1-3,6-7H2. The molecule has 0 spiro atoms. The number of anilines is 1. The summed E-state index contributed by atoms with van der Waals surface area (Å²) in [6, 6.07) is 3.53. The number of rotatable bonds is 5. The summed E-state index contributed by atoms with van der Waals surface area (Å²) in [4.78, 5) is 15.9. The average Bonchev–Trinajstić information content (AvgIpc) is 2.26. The Kier molecular flexibility index (Phi) is 3.53. The first-order valence-corrected chi connectivity index (χ1v) is 5.70. The third kappa shape index (κ3) is 2.52. The lowest BCUT2D eigenvalue weighted by atomic mass is 9.91. The minimum atomic E-state index is -0.510. The van der Waals surface area contributed by atoms with Crippen LogP contribution in [-0.2, 0) is 0 Å². The number of aliphatic hydroxyl groups is 1. The number of aliphatic hydroxyl groups excluding tert-OH is 1. The largest absolute Gasteiger partial charge is 0.395 e. The van der Waals surface area contributed by atoms with Gasteiger partial charge in [0, 0.05) is 18.7 Å². The maximum atomic E-state index is 10.5. The summed E-state index contributed by atoms with van der Waals surface area (Å²) in [5.74, 6) is -0.147. The van der Waals surface area contributed by atoms with Gasteiger partial charge in [-0.25, -0.2) is 0 Å². The Hall–Kier alpha value is -1.69. The average molecular weight is 237 g/mol. The van der Waals surface area contributed by atoms with Gasteiger partial charge in [-0.15, -0.1) is 0 Å². The van der Waals surface area contributed by atoms with Crippen molar-refractivity contribution in [2.24, 2.45) is 0 Å². The van der Waals surface area contributed by atoms with Crippen molar-refractivity contribution in [3.8, 4) is 0 Å². The van der Waals surface area contributed by atoms with E-state index in [2.05, 4.69) is 9.88 Å². The molecule has 0 amide bonds. The molecule has 1 aliphatic rings. The second-order valence-electron chi connectivity index (χ2n) is 4.13. The highest BCUT2D eigenvalue weighted by atomic mass is 16.6. The smallest absolute Gasteiger partial charge is 0.363 e. The van der Waals surface area contributed by atoms with E-state index in [1.54, 1.807) is 6.07 Å². The van der Waals surface area contributed by atoms with E-state index in [0.29, 0.717) is 12.6 Å². The van der Waals surface area contributed by atoms with Gasteiger partial charge < -0.3 is 20.1 Å². The van der Waals surface area contributed by atoms with E-state index >= 15 is 0 Å². The summed E-state index contributed by atoms with van der Waals surface area (Å²) < 4.78 is 0. The van der Waals surface area contributed by atoms with Gasteiger partial charge >= 0.3 is 5.82 Å². The van der Waals surface area contributed by atoms with Crippen LogP contribution in [0.5, 0.6) is 0 Å². The molecule has 1 aromatic heterocycles. The SMILES string of the molecule is O=[N+]([O-])c1ccc(N(CCO)C2CCC2)cn1. The van der Waals surface area contributed by atoms with E-state index in [1.165, 1.54) is 18.7 Å². The molecule has 1 aliphatic carbocycles. The van der Waals surface area contributed by atoms with Crippen molar-refractivity contribution in [1.29, 1.82) is 0 Å². The molecule has 1 saturated carbocycles. The summed E-state index contributed by atoms with van der Waals surface area (Å²) in [6.45, 7) is 0.623. The molecule has 0 bridgehead atoms. The molecule has 0 atom stereocenters. The van der Waals surface area contributed by atoms with Gasteiger partial charge in [0.2, 0.25) is 0 Å². The van der Waals surface area contributed by atoms with Crippen LogP contribution < -0.4 is 4.90 Å². The first-order chi connectivity index (χ1) is 8.22. The molecule has 0 unspecified atom stereocenters. The van der Waals surface area contributed by atoms with Crippen LogP contribution in [0.25, 0.3) is 0 Å². The van der Waals surface area contributed by atoms with Gasteiger partial charge in [0.15, 0.2) is 6.20 Å². The first kappa shape index (κ1) is 11.8. The van der Waals surface area contributed by atoms with E-state index in [0.717, 1.165) is 18.5 Å². The Balaban J connectivity index is 2.14. The third-order valence-corrected chi connectivity index (χ3v) is 3.11. The van der Waals surface area contributed by atoms with Crippen LogP contribution in [0, 0.1) is 10.1 Å². The zero-order valence-electron chi connectivity index (χ0n) is 9.45. The van der Waals surface area contributed by atoms with Crippen LogP contribution >= 0.6 is 0 Å². The number of hydrogen-bond acceptors (Lipinski definition) is 5. The maximum Gasteiger partial charge on any atom is 0.363 e. The van der Waals surface area contributed by atoms with Crippen LogP contribution in [0.15, 0.2) is 18.3 Å². The molecule has 1 heterocycles. The Morgan fingerprint density at radius 1 is 1.53 bits per heavy atom. The molecule has 92 valence electrons. The van der Waals surface area contributed by atoms with Crippen LogP contribution in [0.4, 0.5) is 11.5 Å². The maximum absolute atomic E-state index is 10.5. The minimum absolute atomic E-state index is 0.0769. The Bertz CT molecular complexity index is 389. The van der Waals surface area contributed by atoms with Gasteiger partial charge in [-0.1, -0.05) is 0 Å². The lowest BCUT2D eigenvalue weighted by Crippen LogP contribution is -2.42. The second kappa shape index (κ2) is 5.09. The fourth-order valence-electron chi connectivity index (χ4n) is 1.98. The minimum Gasteiger partial charge on any atom is -0.395 e. The van der Waals surface area contributed by atoms with E-state index < -0.39 is 4.92 Å². The fraction of sp³-hybridized carbons (Fsp3) is 0.545. The van der Waals surface area contributed by atoms with Crippen molar-refractivity contribution < 1.29 is 10.0 Å². The molecule has 1 aromatic rings. The van der Waals surface area contributed by atoms with E-state index in [1.807, 2.05) is 0 Å². The molecule has 1 N–H and O–H groups in total. The molecule has 6 heteroatoms. The number of nitro groups is 1. The predicted molar refractivity (Wildman–Crippen MR) is 63.0 cm³/mol. The monoisotopic (exact) mass is 237 g/mol. The Labute approximate surface area is 99.0 Å². The van der Waals surface area contributed by atoms with Crippen molar-refractivity contribution in [2.45, 2.75) is 25.3 Å². The zero-order valence-corrected chi connectivity index (χ0v) is 9.45. The number of aromatic nitrogens is 1. The van der Waals surface area contributed by atoms with Crippen LogP contribution in [0.1, 0.15) is 19.3 Å². The quantitative estimate of drug-likeness (QED) is 0.617. The van der Waals surface area contributed by atoms with E-state index in [9.17, 15) is 10.1 Å². The van der Waals surface area contributed by atoms with Crippen molar-refractivity contribution >= 4 is 11.5 Å². The normalized spacial score (nSPS) is 15.4. The van der Waals surface area contributed by atoms with Gasteiger partial charge in [0.25, 0.3) is 0 Å². The molecule has 17 heavy (non-hydrogen) atoms. The third-order valence-electron chi connectivity index (χ3n) is 3.11. The van der Waals surface area contributed by atoms with Crippen molar-refractivity contribution in [3.05, 3.63) is 28.4 Å². The molecule has 2 rings (SSSR count). The van der Waals surface area contributed by atoms with Gasteiger partial charge in [-0.05, 0) is 35.2 Å². The molecular weight excluding hydrogens is 222 g/mol. The summed E-state index contributed by atoms with van der Waals surface area (Å²) in [7, 11) is 0. The van der Waals surface area contributed by atoms with Gasteiger partial charge in [-0.2, -0.15) is 0 Å². The van der Waals surface area contributed by atoms with Crippen molar-refractivity contribution in [2.75, 3.05) is 18.1 Å². The molecule has 6 nitrogen and oxygen atoms in total. The predicted octanol–water partition coefficient (Wildman–Crippen LogP) is 1.34. The van der Waals surface area contributed by atoms with Crippen LogP contribution in [0.2, 0.25) is 0 Å².